The van der Waals surface area contributed by atoms with Crippen molar-refractivity contribution in [1.82, 2.24) is 20.0 Å². The van der Waals surface area contributed by atoms with E-state index in [4.69, 9.17) is 0 Å². The van der Waals surface area contributed by atoms with E-state index in [-0.39, 0.29) is 0 Å². The van der Waals surface area contributed by atoms with Crippen LogP contribution in [0.5, 0.6) is 0 Å². The van der Waals surface area contributed by atoms with E-state index in [0.29, 0.717) is 12.1 Å². The van der Waals surface area contributed by atoms with Gasteiger partial charge >= 0.3 is 0 Å². The van der Waals surface area contributed by atoms with Gasteiger partial charge in [0.1, 0.15) is 0 Å². The van der Waals surface area contributed by atoms with Crippen molar-refractivity contribution in [3.8, 4) is 0 Å². The Morgan fingerprint density at radius 2 is 1.80 bits per heavy atom. The summed E-state index contributed by atoms with van der Waals surface area (Å²) in [6, 6.07) is 2.00. The average Bonchev–Trinajstić information content (AvgIpc) is 3.20. The molecule has 1 aromatic rings. The van der Waals surface area contributed by atoms with Crippen molar-refractivity contribution in [2.45, 2.75) is 64.6 Å². The van der Waals surface area contributed by atoms with Crippen LogP contribution < -0.4 is 5.32 Å². The van der Waals surface area contributed by atoms with Crippen LogP contribution in [0.25, 0.3) is 0 Å². The van der Waals surface area contributed by atoms with Gasteiger partial charge in [-0.15, -0.1) is 0 Å². The van der Waals surface area contributed by atoms with E-state index in [1.165, 1.54) is 55.7 Å². The molecule has 4 heteroatoms. The number of nitrogens with zero attached hydrogens (tertiary/aromatic N) is 3. The molecule has 20 heavy (non-hydrogen) atoms. The molecule has 0 radical (unpaired) electrons. The highest BCUT2D eigenvalue weighted by molar-refractivity contribution is 5.27. The van der Waals surface area contributed by atoms with Gasteiger partial charge in [0.25, 0.3) is 0 Å². The van der Waals surface area contributed by atoms with Crippen LogP contribution in [-0.2, 0) is 7.05 Å². The van der Waals surface area contributed by atoms with Gasteiger partial charge in [-0.25, -0.2) is 0 Å². The van der Waals surface area contributed by atoms with Crippen molar-refractivity contribution in [2.75, 3.05) is 13.1 Å². The van der Waals surface area contributed by atoms with Gasteiger partial charge in [-0.1, -0.05) is 0 Å². The molecule has 1 saturated heterocycles. The number of rotatable bonds is 4. The summed E-state index contributed by atoms with van der Waals surface area (Å²) in [6.07, 6.45) is 5.45. The molecule has 1 aliphatic carbocycles. The predicted molar refractivity (Wildman–Crippen MR) is 81.8 cm³/mol. The highest BCUT2D eigenvalue weighted by atomic mass is 15.3. The minimum atomic E-state index is 0.404. The van der Waals surface area contributed by atoms with Crippen LogP contribution in [0, 0.1) is 13.8 Å². The Morgan fingerprint density at radius 1 is 1.15 bits per heavy atom. The maximum atomic E-state index is 4.54. The number of nitrogens with one attached hydrogen (secondary N) is 1. The second-order valence-electron chi connectivity index (χ2n) is 6.64. The third-order valence-corrected chi connectivity index (χ3v) is 5.08. The van der Waals surface area contributed by atoms with Crippen molar-refractivity contribution in [3.63, 3.8) is 0 Å². The van der Waals surface area contributed by atoms with E-state index in [1.54, 1.807) is 0 Å². The molecule has 2 fully saturated rings. The zero-order valence-corrected chi connectivity index (χ0v) is 13.3. The zero-order valence-electron chi connectivity index (χ0n) is 13.3. The van der Waals surface area contributed by atoms with Gasteiger partial charge in [0, 0.05) is 36.4 Å². The molecule has 3 rings (SSSR count). The fourth-order valence-corrected chi connectivity index (χ4v) is 3.72. The molecule has 0 spiro atoms. The van der Waals surface area contributed by atoms with Crippen LogP contribution in [0.2, 0.25) is 0 Å². The number of aryl methyl sites for hydroxylation is 2. The molecule has 1 aromatic heterocycles. The lowest BCUT2D eigenvalue weighted by Crippen LogP contribution is -2.44. The lowest BCUT2D eigenvalue weighted by molar-refractivity contribution is 0.184. The Kier molecular flexibility index (Phi) is 3.87. The number of hydrogen-bond acceptors (Lipinski definition) is 3. The third kappa shape index (κ3) is 2.77. The Labute approximate surface area is 122 Å². The summed E-state index contributed by atoms with van der Waals surface area (Å²) in [6.45, 7) is 9.13. The topological polar surface area (TPSA) is 33.1 Å². The first-order valence-electron chi connectivity index (χ1n) is 8.06. The smallest absolute Gasteiger partial charge is 0.0644 e. The molecule has 1 saturated carbocycles. The number of likely N-dealkylation sites (tertiary alicyclic amines) is 1. The fourth-order valence-electron chi connectivity index (χ4n) is 3.72. The maximum Gasteiger partial charge on any atom is 0.0644 e. The summed E-state index contributed by atoms with van der Waals surface area (Å²) >= 11 is 0. The second kappa shape index (κ2) is 5.49. The van der Waals surface area contributed by atoms with E-state index in [0.717, 1.165) is 6.04 Å². The average molecular weight is 276 g/mol. The molecule has 1 unspecified atom stereocenters. The molecule has 0 bridgehead atoms. The summed E-state index contributed by atoms with van der Waals surface area (Å²) in [5.74, 6) is 0. The molecular formula is C16H28N4. The first-order chi connectivity index (χ1) is 9.56. The van der Waals surface area contributed by atoms with Crippen molar-refractivity contribution in [2.24, 2.45) is 7.05 Å². The Balaban J connectivity index is 1.57. The van der Waals surface area contributed by atoms with E-state index in [1.807, 2.05) is 11.7 Å². The first-order valence-corrected chi connectivity index (χ1v) is 8.06. The zero-order chi connectivity index (χ0) is 14.3. The van der Waals surface area contributed by atoms with E-state index in [9.17, 15) is 0 Å². The predicted octanol–water partition coefficient (Wildman–Crippen LogP) is 2.31. The van der Waals surface area contributed by atoms with Gasteiger partial charge in [-0.2, -0.15) is 5.10 Å². The maximum absolute atomic E-state index is 4.54. The van der Waals surface area contributed by atoms with Crippen molar-refractivity contribution < 1.29 is 0 Å². The van der Waals surface area contributed by atoms with Gasteiger partial charge in [0.2, 0.25) is 0 Å². The SMILES string of the molecule is Cc1nn(C)c(C)c1C(C)NC1CCN(C2CC2)CC1. The van der Waals surface area contributed by atoms with Crippen LogP contribution in [-0.4, -0.2) is 39.9 Å². The van der Waals surface area contributed by atoms with E-state index < -0.39 is 0 Å². The molecule has 1 atom stereocenters. The summed E-state index contributed by atoms with van der Waals surface area (Å²) in [5.41, 5.74) is 3.84. The van der Waals surface area contributed by atoms with Gasteiger partial charge < -0.3 is 10.2 Å². The molecule has 1 N–H and O–H groups in total. The monoisotopic (exact) mass is 276 g/mol. The standard InChI is InChI=1S/C16H28N4/c1-11(16-12(2)18-19(4)13(16)3)17-14-7-9-20(10-8-14)15-5-6-15/h11,14-15,17H,5-10H2,1-4H3. The third-order valence-electron chi connectivity index (χ3n) is 5.08. The minimum Gasteiger partial charge on any atom is -0.307 e. The summed E-state index contributed by atoms with van der Waals surface area (Å²) in [5, 5.41) is 8.37. The Hall–Kier alpha value is -0.870. The fraction of sp³-hybridized carbons (Fsp3) is 0.812. The van der Waals surface area contributed by atoms with E-state index >= 15 is 0 Å². The van der Waals surface area contributed by atoms with Gasteiger partial charge in [0.05, 0.1) is 5.69 Å². The Morgan fingerprint density at radius 3 is 2.30 bits per heavy atom. The number of piperidine rings is 1. The summed E-state index contributed by atoms with van der Waals surface area (Å²) < 4.78 is 2.00. The molecule has 2 heterocycles. The van der Waals surface area contributed by atoms with Crippen molar-refractivity contribution >= 4 is 0 Å². The largest absolute Gasteiger partial charge is 0.307 e. The summed E-state index contributed by atoms with van der Waals surface area (Å²) in [4.78, 5) is 2.68. The molecule has 112 valence electrons. The molecule has 1 aliphatic heterocycles. The molecule has 4 nitrogen and oxygen atoms in total. The molecule has 0 aromatic carbocycles. The molecule has 2 aliphatic rings. The van der Waals surface area contributed by atoms with Crippen molar-refractivity contribution in [1.29, 1.82) is 0 Å². The van der Waals surface area contributed by atoms with Gasteiger partial charge in [-0.05, 0) is 59.5 Å². The summed E-state index contributed by atoms with van der Waals surface area (Å²) in [7, 11) is 2.03. The van der Waals surface area contributed by atoms with Crippen LogP contribution in [0.15, 0.2) is 0 Å². The normalized spacial score (nSPS) is 23.2. The van der Waals surface area contributed by atoms with Crippen LogP contribution >= 0.6 is 0 Å². The van der Waals surface area contributed by atoms with Crippen LogP contribution in [0.1, 0.15) is 55.6 Å². The molecule has 0 amide bonds. The number of aromatic nitrogens is 2. The lowest BCUT2D eigenvalue weighted by Gasteiger charge is -2.34. The van der Waals surface area contributed by atoms with E-state index in [2.05, 4.69) is 36.1 Å². The minimum absolute atomic E-state index is 0.404. The second-order valence-corrected chi connectivity index (χ2v) is 6.64. The lowest BCUT2D eigenvalue weighted by atomic mass is 10.0. The van der Waals surface area contributed by atoms with Crippen LogP contribution in [0.4, 0.5) is 0 Å². The first kappa shape index (κ1) is 14.1. The van der Waals surface area contributed by atoms with Gasteiger partial charge in [-0.3, -0.25) is 4.68 Å². The highest BCUT2D eigenvalue weighted by Gasteiger charge is 2.32. The number of hydrogen-bond donors (Lipinski definition) is 1. The van der Waals surface area contributed by atoms with Crippen LogP contribution in [0.3, 0.4) is 0 Å². The molecular weight excluding hydrogens is 248 g/mol. The highest BCUT2D eigenvalue weighted by Crippen LogP contribution is 2.30. The van der Waals surface area contributed by atoms with Gasteiger partial charge in [0.15, 0.2) is 0 Å². The van der Waals surface area contributed by atoms with Crippen molar-refractivity contribution in [3.05, 3.63) is 17.0 Å². The Bertz CT molecular complexity index is 467. The quantitative estimate of drug-likeness (QED) is 0.916.